The van der Waals surface area contributed by atoms with Crippen molar-refractivity contribution in [3.63, 3.8) is 0 Å². The van der Waals surface area contributed by atoms with Gasteiger partial charge in [0.25, 0.3) is 0 Å². The SMILES string of the molecule is COc1cnn(C(C)C)c1C(N)c1ncccc1Cl. The van der Waals surface area contributed by atoms with Crippen molar-refractivity contribution in [1.82, 2.24) is 14.8 Å². The molecule has 0 aliphatic rings. The Morgan fingerprint density at radius 1 is 1.42 bits per heavy atom. The lowest BCUT2D eigenvalue weighted by Crippen LogP contribution is -2.20. The monoisotopic (exact) mass is 280 g/mol. The molecule has 5 nitrogen and oxygen atoms in total. The van der Waals surface area contributed by atoms with E-state index in [0.29, 0.717) is 16.5 Å². The summed E-state index contributed by atoms with van der Waals surface area (Å²) in [5, 5.41) is 4.84. The van der Waals surface area contributed by atoms with Crippen LogP contribution >= 0.6 is 11.6 Å². The van der Waals surface area contributed by atoms with Gasteiger partial charge in [0.1, 0.15) is 5.69 Å². The molecule has 0 bridgehead atoms. The van der Waals surface area contributed by atoms with Crippen molar-refractivity contribution in [3.8, 4) is 5.75 Å². The first-order valence-corrected chi connectivity index (χ1v) is 6.41. The topological polar surface area (TPSA) is 66.0 Å². The molecule has 2 rings (SSSR count). The largest absolute Gasteiger partial charge is 0.493 e. The van der Waals surface area contributed by atoms with Crippen LogP contribution in [0.3, 0.4) is 0 Å². The molecule has 0 spiro atoms. The molecule has 0 amide bonds. The fraction of sp³-hybridized carbons (Fsp3) is 0.385. The number of hydrogen-bond donors (Lipinski definition) is 1. The molecule has 2 heterocycles. The van der Waals surface area contributed by atoms with Crippen molar-refractivity contribution in [2.24, 2.45) is 5.73 Å². The van der Waals surface area contributed by atoms with Crippen LogP contribution in [0.15, 0.2) is 24.5 Å². The van der Waals surface area contributed by atoms with E-state index < -0.39 is 6.04 Å². The molecule has 0 saturated heterocycles. The number of nitrogens with two attached hydrogens (primary N) is 1. The predicted molar refractivity (Wildman–Crippen MR) is 74.4 cm³/mol. The number of rotatable bonds is 4. The van der Waals surface area contributed by atoms with Gasteiger partial charge in [-0.1, -0.05) is 11.6 Å². The van der Waals surface area contributed by atoms with Crippen LogP contribution in [-0.2, 0) is 0 Å². The summed E-state index contributed by atoms with van der Waals surface area (Å²) in [5.41, 5.74) is 7.68. The second-order valence-electron chi connectivity index (χ2n) is 4.48. The molecule has 2 aromatic heterocycles. The van der Waals surface area contributed by atoms with Crippen molar-refractivity contribution >= 4 is 11.6 Å². The van der Waals surface area contributed by atoms with Gasteiger partial charge < -0.3 is 10.5 Å². The van der Waals surface area contributed by atoms with Crippen LogP contribution in [0.1, 0.15) is 37.3 Å². The first kappa shape index (κ1) is 13.8. The summed E-state index contributed by atoms with van der Waals surface area (Å²) in [6, 6.07) is 3.24. The van der Waals surface area contributed by atoms with E-state index in [1.54, 1.807) is 31.6 Å². The van der Waals surface area contributed by atoms with Crippen LogP contribution < -0.4 is 10.5 Å². The maximum atomic E-state index is 6.29. The zero-order valence-corrected chi connectivity index (χ0v) is 11.9. The molecule has 1 unspecified atom stereocenters. The number of pyridine rings is 1. The average Bonchev–Trinajstić information content (AvgIpc) is 2.82. The molecule has 0 aliphatic carbocycles. The smallest absolute Gasteiger partial charge is 0.161 e. The van der Waals surface area contributed by atoms with Gasteiger partial charge in [0.15, 0.2) is 5.75 Å². The summed E-state index contributed by atoms with van der Waals surface area (Å²) >= 11 is 6.15. The Hall–Kier alpha value is -1.59. The molecule has 1 atom stereocenters. The van der Waals surface area contributed by atoms with Gasteiger partial charge >= 0.3 is 0 Å². The second-order valence-corrected chi connectivity index (χ2v) is 4.89. The highest BCUT2D eigenvalue weighted by molar-refractivity contribution is 6.31. The first-order valence-electron chi connectivity index (χ1n) is 6.03. The lowest BCUT2D eigenvalue weighted by molar-refractivity contribution is 0.400. The molecule has 19 heavy (non-hydrogen) atoms. The van der Waals surface area contributed by atoms with Crippen LogP contribution in [0.4, 0.5) is 0 Å². The summed E-state index contributed by atoms with van der Waals surface area (Å²) in [6.45, 7) is 4.06. The van der Waals surface area contributed by atoms with E-state index in [4.69, 9.17) is 22.1 Å². The molecular formula is C13H17ClN4O. The molecule has 0 aromatic carbocycles. The molecule has 2 aromatic rings. The van der Waals surface area contributed by atoms with E-state index in [9.17, 15) is 0 Å². The molecule has 6 heteroatoms. The normalized spacial score (nSPS) is 12.7. The van der Waals surface area contributed by atoms with Gasteiger partial charge in [-0.3, -0.25) is 9.67 Å². The van der Waals surface area contributed by atoms with E-state index in [-0.39, 0.29) is 6.04 Å². The lowest BCUT2D eigenvalue weighted by atomic mass is 10.1. The number of aromatic nitrogens is 3. The third kappa shape index (κ3) is 2.57. The lowest BCUT2D eigenvalue weighted by Gasteiger charge is -2.18. The Balaban J connectivity index is 2.52. The van der Waals surface area contributed by atoms with Crippen molar-refractivity contribution in [2.75, 3.05) is 7.11 Å². The van der Waals surface area contributed by atoms with E-state index in [1.165, 1.54) is 0 Å². The Bertz CT molecular complexity index is 568. The fourth-order valence-corrected chi connectivity index (χ4v) is 2.22. The third-order valence-corrected chi connectivity index (χ3v) is 3.20. The Kier molecular flexibility index (Phi) is 4.07. The molecule has 0 saturated carbocycles. The summed E-state index contributed by atoms with van der Waals surface area (Å²) in [4.78, 5) is 4.26. The molecule has 102 valence electrons. The molecule has 2 N–H and O–H groups in total. The standard InChI is InChI=1S/C13H17ClN4O/c1-8(2)18-13(10(19-3)7-17-18)11(15)12-9(14)5-4-6-16-12/h4-8,11H,15H2,1-3H3. The van der Waals surface area contributed by atoms with E-state index in [0.717, 1.165) is 5.69 Å². The van der Waals surface area contributed by atoms with Crippen molar-refractivity contribution in [1.29, 1.82) is 0 Å². The van der Waals surface area contributed by atoms with E-state index in [1.807, 2.05) is 18.5 Å². The van der Waals surface area contributed by atoms with Gasteiger partial charge in [0.05, 0.1) is 30.1 Å². The van der Waals surface area contributed by atoms with Crippen molar-refractivity contribution < 1.29 is 4.74 Å². The summed E-state index contributed by atoms with van der Waals surface area (Å²) in [6.07, 6.45) is 3.33. The van der Waals surface area contributed by atoms with Crippen LogP contribution in [0.2, 0.25) is 5.02 Å². The third-order valence-electron chi connectivity index (χ3n) is 2.88. The Morgan fingerprint density at radius 2 is 2.16 bits per heavy atom. The number of halogens is 1. The maximum Gasteiger partial charge on any atom is 0.161 e. The fourth-order valence-electron chi connectivity index (χ4n) is 1.98. The molecule has 0 aliphatic heterocycles. The number of methoxy groups -OCH3 is 1. The van der Waals surface area contributed by atoms with E-state index in [2.05, 4.69) is 10.1 Å². The second kappa shape index (κ2) is 5.59. The van der Waals surface area contributed by atoms with Crippen molar-refractivity contribution in [3.05, 3.63) is 40.9 Å². The Labute approximate surface area is 117 Å². The highest BCUT2D eigenvalue weighted by Crippen LogP contribution is 2.31. The zero-order valence-electron chi connectivity index (χ0n) is 11.2. The molecular weight excluding hydrogens is 264 g/mol. The minimum absolute atomic E-state index is 0.174. The number of ether oxygens (including phenoxy) is 1. The minimum atomic E-state index is -0.478. The van der Waals surface area contributed by atoms with Gasteiger partial charge in [-0.15, -0.1) is 0 Å². The highest BCUT2D eigenvalue weighted by atomic mass is 35.5. The van der Waals surface area contributed by atoms with Crippen LogP contribution in [0.25, 0.3) is 0 Å². The quantitative estimate of drug-likeness (QED) is 0.935. The van der Waals surface area contributed by atoms with E-state index >= 15 is 0 Å². The average molecular weight is 281 g/mol. The van der Waals surface area contributed by atoms with Crippen LogP contribution in [0, 0.1) is 0 Å². The summed E-state index contributed by atoms with van der Waals surface area (Å²) < 4.78 is 7.15. The predicted octanol–water partition coefficient (Wildman–Crippen LogP) is 2.57. The number of hydrogen-bond acceptors (Lipinski definition) is 4. The highest BCUT2D eigenvalue weighted by Gasteiger charge is 2.24. The van der Waals surface area contributed by atoms with Gasteiger partial charge in [0, 0.05) is 12.2 Å². The summed E-state index contributed by atoms with van der Waals surface area (Å²) in [7, 11) is 1.60. The van der Waals surface area contributed by atoms with Gasteiger partial charge in [0.2, 0.25) is 0 Å². The number of nitrogens with zero attached hydrogens (tertiary/aromatic N) is 3. The molecule has 0 radical (unpaired) electrons. The summed E-state index contributed by atoms with van der Waals surface area (Å²) in [5.74, 6) is 0.642. The maximum absolute atomic E-state index is 6.29. The minimum Gasteiger partial charge on any atom is -0.493 e. The first-order chi connectivity index (χ1) is 9.06. The Morgan fingerprint density at radius 3 is 2.74 bits per heavy atom. The van der Waals surface area contributed by atoms with Gasteiger partial charge in [-0.25, -0.2) is 0 Å². The van der Waals surface area contributed by atoms with Gasteiger partial charge in [-0.05, 0) is 26.0 Å². The van der Waals surface area contributed by atoms with Crippen LogP contribution in [-0.4, -0.2) is 21.9 Å². The molecule has 0 fully saturated rings. The van der Waals surface area contributed by atoms with Gasteiger partial charge in [-0.2, -0.15) is 5.10 Å². The van der Waals surface area contributed by atoms with Crippen molar-refractivity contribution in [2.45, 2.75) is 25.9 Å². The zero-order chi connectivity index (χ0) is 14.0. The van der Waals surface area contributed by atoms with Crippen LogP contribution in [0.5, 0.6) is 5.75 Å².